The lowest BCUT2D eigenvalue weighted by molar-refractivity contribution is -0.121. The first-order chi connectivity index (χ1) is 12.0. The number of amides is 1. The minimum Gasteiger partial charge on any atom is -0.349 e. The standard InChI is InChI=1S/C19H26FN3OS/c1-13(22-17(24)7-5-3-4-6-12-21)18-14(2)23-19(25-18)15-8-10-16(20)11-9-15/h8-11,13H,3-7,12,21H2,1-2H3,(H,22,24). The monoisotopic (exact) mass is 363 g/mol. The number of carbonyl (C=O) groups is 1. The Labute approximate surface area is 152 Å². The number of aryl methyl sites for hydroxylation is 1. The topological polar surface area (TPSA) is 68.0 Å². The predicted octanol–water partition coefficient (Wildman–Crippen LogP) is 4.34. The van der Waals surface area contributed by atoms with Gasteiger partial charge in [-0.2, -0.15) is 0 Å². The quantitative estimate of drug-likeness (QED) is 0.651. The van der Waals surface area contributed by atoms with E-state index in [0.29, 0.717) is 13.0 Å². The number of hydrogen-bond donors (Lipinski definition) is 2. The summed E-state index contributed by atoms with van der Waals surface area (Å²) in [6, 6.07) is 6.23. The Kier molecular flexibility index (Phi) is 7.52. The molecule has 0 saturated heterocycles. The summed E-state index contributed by atoms with van der Waals surface area (Å²) < 4.78 is 13.1. The smallest absolute Gasteiger partial charge is 0.220 e. The summed E-state index contributed by atoms with van der Waals surface area (Å²) in [5.74, 6) is -0.194. The molecule has 0 radical (unpaired) electrons. The van der Waals surface area contributed by atoms with Crippen molar-refractivity contribution in [2.45, 2.75) is 52.0 Å². The van der Waals surface area contributed by atoms with Crippen LogP contribution in [0.15, 0.2) is 24.3 Å². The summed E-state index contributed by atoms with van der Waals surface area (Å²) in [6.45, 7) is 4.62. The van der Waals surface area contributed by atoms with E-state index < -0.39 is 0 Å². The molecular weight excluding hydrogens is 337 g/mol. The molecule has 1 heterocycles. The van der Waals surface area contributed by atoms with Gasteiger partial charge < -0.3 is 11.1 Å². The molecule has 1 aromatic carbocycles. The number of unbranched alkanes of at least 4 members (excludes halogenated alkanes) is 3. The van der Waals surface area contributed by atoms with Crippen molar-refractivity contribution in [1.29, 1.82) is 0 Å². The van der Waals surface area contributed by atoms with Crippen LogP contribution >= 0.6 is 11.3 Å². The van der Waals surface area contributed by atoms with Crippen LogP contribution in [-0.4, -0.2) is 17.4 Å². The fraction of sp³-hybridized carbons (Fsp3) is 0.474. The molecule has 4 nitrogen and oxygen atoms in total. The van der Waals surface area contributed by atoms with Gasteiger partial charge in [0.2, 0.25) is 5.91 Å². The second-order valence-electron chi connectivity index (χ2n) is 6.22. The van der Waals surface area contributed by atoms with Crippen molar-refractivity contribution in [2.24, 2.45) is 5.73 Å². The van der Waals surface area contributed by atoms with E-state index in [2.05, 4.69) is 10.3 Å². The molecule has 2 aromatic rings. The molecule has 1 aromatic heterocycles. The normalized spacial score (nSPS) is 12.2. The van der Waals surface area contributed by atoms with Crippen molar-refractivity contribution < 1.29 is 9.18 Å². The number of halogens is 1. The number of carbonyl (C=O) groups excluding carboxylic acids is 1. The van der Waals surface area contributed by atoms with E-state index in [4.69, 9.17) is 5.73 Å². The van der Waals surface area contributed by atoms with Crippen LogP contribution in [0.2, 0.25) is 0 Å². The zero-order chi connectivity index (χ0) is 18.2. The number of thiazole rings is 1. The highest BCUT2D eigenvalue weighted by molar-refractivity contribution is 7.15. The summed E-state index contributed by atoms with van der Waals surface area (Å²) >= 11 is 1.54. The molecule has 3 N–H and O–H groups in total. The number of aromatic nitrogens is 1. The lowest BCUT2D eigenvalue weighted by atomic mass is 10.1. The van der Waals surface area contributed by atoms with E-state index in [9.17, 15) is 9.18 Å². The molecule has 0 aliphatic heterocycles. The Hall–Kier alpha value is -1.79. The zero-order valence-electron chi connectivity index (χ0n) is 14.8. The van der Waals surface area contributed by atoms with Gasteiger partial charge in [-0.05, 0) is 57.5 Å². The van der Waals surface area contributed by atoms with Gasteiger partial charge in [0.15, 0.2) is 0 Å². The van der Waals surface area contributed by atoms with Gasteiger partial charge in [0.1, 0.15) is 10.8 Å². The van der Waals surface area contributed by atoms with E-state index in [-0.39, 0.29) is 17.8 Å². The van der Waals surface area contributed by atoms with Gasteiger partial charge in [-0.25, -0.2) is 9.37 Å². The minimum atomic E-state index is -0.260. The molecule has 136 valence electrons. The molecule has 0 bridgehead atoms. The summed E-state index contributed by atoms with van der Waals surface area (Å²) in [7, 11) is 0. The molecule has 0 aliphatic rings. The number of hydrogen-bond acceptors (Lipinski definition) is 4. The maximum absolute atomic E-state index is 13.1. The highest BCUT2D eigenvalue weighted by atomic mass is 32.1. The van der Waals surface area contributed by atoms with Crippen molar-refractivity contribution in [2.75, 3.05) is 6.54 Å². The first kappa shape index (κ1) is 19.5. The van der Waals surface area contributed by atoms with Crippen LogP contribution in [0.1, 0.15) is 55.6 Å². The van der Waals surface area contributed by atoms with Crippen LogP contribution in [0, 0.1) is 12.7 Å². The average Bonchev–Trinajstić information content (AvgIpc) is 2.97. The largest absolute Gasteiger partial charge is 0.349 e. The SMILES string of the molecule is Cc1nc(-c2ccc(F)cc2)sc1C(C)NC(=O)CCCCCCN. The second kappa shape index (κ2) is 9.63. The van der Waals surface area contributed by atoms with E-state index in [0.717, 1.165) is 46.8 Å². The molecular formula is C19H26FN3OS. The van der Waals surface area contributed by atoms with Crippen molar-refractivity contribution >= 4 is 17.2 Å². The zero-order valence-corrected chi connectivity index (χ0v) is 15.7. The molecule has 2 rings (SSSR count). The van der Waals surface area contributed by atoms with Crippen molar-refractivity contribution in [3.63, 3.8) is 0 Å². The van der Waals surface area contributed by atoms with Crippen molar-refractivity contribution in [3.8, 4) is 10.6 Å². The van der Waals surface area contributed by atoms with Gasteiger partial charge in [-0.1, -0.05) is 12.8 Å². The molecule has 1 atom stereocenters. The van der Waals surface area contributed by atoms with Crippen LogP contribution < -0.4 is 11.1 Å². The van der Waals surface area contributed by atoms with Crippen LogP contribution in [0.3, 0.4) is 0 Å². The molecule has 0 saturated carbocycles. The lowest BCUT2D eigenvalue weighted by Crippen LogP contribution is -2.26. The maximum atomic E-state index is 13.1. The van der Waals surface area contributed by atoms with Crippen LogP contribution in [0.5, 0.6) is 0 Å². The first-order valence-electron chi connectivity index (χ1n) is 8.74. The maximum Gasteiger partial charge on any atom is 0.220 e. The summed E-state index contributed by atoms with van der Waals surface area (Å²) in [4.78, 5) is 17.7. The van der Waals surface area contributed by atoms with Gasteiger partial charge in [0.05, 0.1) is 16.6 Å². The third kappa shape index (κ3) is 5.90. The third-order valence-electron chi connectivity index (χ3n) is 4.05. The number of nitrogens with zero attached hydrogens (tertiary/aromatic N) is 1. The number of nitrogens with one attached hydrogen (secondary N) is 1. The van der Waals surface area contributed by atoms with Gasteiger partial charge in [0, 0.05) is 12.0 Å². The molecule has 25 heavy (non-hydrogen) atoms. The second-order valence-corrected chi connectivity index (χ2v) is 7.25. The van der Waals surface area contributed by atoms with Crippen LogP contribution in [0.25, 0.3) is 10.6 Å². The van der Waals surface area contributed by atoms with Gasteiger partial charge >= 0.3 is 0 Å². The third-order valence-corrected chi connectivity index (χ3v) is 5.44. The van der Waals surface area contributed by atoms with Crippen LogP contribution in [0.4, 0.5) is 4.39 Å². The summed E-state index contributed by atoms with van der Waals surface area (Å²) in [6.07, 6.45) is 4.56. The predicted molar refractivity (Wildman–Crippen MR) is 101 cm³/mol. The molecule has 0 spiro atoms. The average molecular weight is 364 g/mol. The summed E-state index contributed by atoms with van der Waals surface area (Å²) in [5.41, 5.74) is 7.25. The lowest BCUT2D eigenvalue weighted by Gasteiger charge is -2.12. The number of rotatable bonds is 9. The molecule has 0 fully saturated rings. The Morgan fingerprint density at radius 1 is 1.24 bits per heavy atom. The Bertz CT molecular complexity index is 684. The Morgan fingerprint density at radius 3 is 2.60 bits per heavy atom. The molecule has 0 aliphatic carbocycles. The van der Waals surface area contributed by atoms with Crippen LogP contribution in [-0.2, 0) is 4.79 Å². The van der Waals surface area contributed by atoms with E-state index in [1.165, 1.54) is 12.1 Å². The van der Waals surface area contributed by atoms with Gasteiger partial charge in [-0.15, -0.1) is 11.3 Å². The van der Waals surface area contributed by atoms with E-state index in [1.807, 2.05) is 13.8 Å². The first-order valence-corrected chi connectivity index (χ1v) is 9.55. The van der Waals surface area contributed by atoms with Crippen molar-refractivity contribution in [3.05, 3.63) is 40.7 Å². The number of benzene rings is 1. The molecule has 6 heteroatoms. The Balaban J connectivity index is 1.92. The minimum absolute atomic E-state index is 0.0661. The highest BCUT2D eigenvalue weighted by Crippen LogP contribution is 2.31. The fourth-order valence-corrected chi connectivity index (χ4v) is 3.76. The van der Waals surface area contributed by atoms with E-state index >= 15 is 0 Å². The van der Waals surface area contributed by atoms with Gasteiger partial charge in [-0.3, -0.25) is 4.79 Å². The molecule has 1 unspecified atom stereocenters. The number of nitrogens with two attached hydrogens (primary N) is 1. The molecule has 1 amide bonds. The van der Waals surface area contributed by atoms with E-state index in [1.54, 1.807) is 23.5 Å². The Morgan fingerprint density at radius 2 is 1.92 bits per heavy atom. The highest BCUT2D eigenvalue weighted by Gasteiger charge is 2.17. The van der Waals surface area contributed by atoms with Gasteiger partial charge in [0.25, 0.3) is 0 Å². The fourth-order valence-electron chi connectivity index (χ4n) is 2.69. The van der Waals surface area contributed by atoms with Crippen molar-refractivity contribution in [1.82, 2.24) is 10.3 Å². The summed E-state index contributed by atoms with van der Waals surface area (Å²) in [5, 5.41) is 3.89.